The molecule has 1 aliphatic carbocycles. The molecule has 1 saturated heterocycles. The number of aliphatic hydroxyl groups is 1. The van der Waals surface area contributed by atoms with Gasteiger partial charge < -0.3 is 14.6 Å². The van der Waals surface area contributed by atoms with E-state index in [9.17, 15) is 14.7 Å². The molecule has 2 aliphatic rings. The second-order valence-corrected chi connectivity index (χ2v) is 5.32. The SMILES string of the molecule is CC(C)CC(O)=C1C(=O)OC2(CCCC2)OC1=O. The molecule has 0 aromatic carbocycles. The molecule has 1 saturated carbocycles. The average molecular weight is 254 g/mol. The Morgan fingerprint density at radius 3 is 2.17 bits per heavy atom. The third kappa shape index (κ3) is 2.35. The van der Waals surface area contributed by atoms with Gasteiger partial charge in [-0.1, -0.05) is 13.8 Å². The van der Waals surface area contributed by atoms with E-state index in [4.69, 9.17) is 9.47 Å². The molecule has 0 atom stereocenters. The summed E-state index contributed by atoms with van der Waals surface area (Å²) in [5.41, 5.74) is -0.346. The van der Waals surface area contributed by atoms with Crippen LogP contribution in [0.5, 0.6) is 0 Å². The average Bonchev–Trinajstić information content (AvgIpc) is 2.63. The highest BCUT2D eigenvalue weighted by Crippen LogP contribution is 2.39. The van der Waals surface area contributed by atoms with Gasteiger partial charge in [0, 0.05) is 19.3 Å². The highest BCUT2D eigenvalue weighted by Gasteiger charge is 2.49. The van der Waals surface area contributed by atoms with Crippen LogP contribution in [-0.2, 0) is 19.1 Å². The highest BCUT2D eigenvalue weighted by atomic mass is 16.7. The molecule has 5 nitrogen and oxygen atoms in total. The summed E-state index contributed by atoms with van der Waals surface area (Å²) < 4.78 is 10.4. The fraction of sp³-hybridized carbons (Fsp3) is 0.692. The van der Waals surface area contributed by atoms with Crippen molar-refractivity contribution in [3.8, 4) is 0 Å². The lowest BCUT2D eigenvalue weighted by molar-refractivity contribution is -0.233. The molecule has 2 rings (SSSR count). The summed E-state index contributed by atoms with van der Waals surface area (Å²) in [4.78, 5) is 23.7. The Labute approximate surface area is 106 Å². The Kier molecular flexibility index (Phi) is 3.32. The Morgan fingerprint density at radius 1 is 1.22 bits per heavy atom. The summed E-state index contributed by atoms with van der Waals surface area (Å²) in [6.45, 7) is 3.77. The molecule has 5 heteroatoms. The van der Waals surface area contributed by atoms with Gasteiger partial charge in [-0.25, -0.2) is 9.59 Å². The van der Waals surface area contributed by atoms with E-state index < -0.39 is 17.7 Å². The summed E-state index contributed by atoms with van der Waals surface area (Å²) >= 11 is 0. The van der Waals surface area contributed by atoms with Crippen molar-refractivity contribution in [1.29, 1.82) is 0 Å². The van der Waals surface area contributed by atoms with Crippen molar-refractivity contribution < 1.29 is 24.2 Å². The van der Waals surface area contributed by atoms with Crippen molar-refractivity contribution in [2.45, 2.75) is 51.7 Å². The summed E-state index contributed by atoms with van der Waals surface area (Å²) in [5, 5.41) is 9.79. The second kappa shape index (κ2) is 4.63. The maximum absolute atomic E-state index is 11.8. The number of allylic oxidation sites excluding steroid dienone is 1. The highest BCUT2D eigenvalue weighted by molar-refractivity contribution is 6.15. The van der Waals surface area contributed by atoms with Gasteiger partial charge in [-0.05, 0) is 18.8 Å². The first-order valence-corrected chi connectivity index (χ1v) is 6.32. The van der Waals surface area contributed by atoms with Crippen LogP contribution < -0.4 is 0 Å². The van der Waals surface area contributed by atoms with Gasteiger partial charge in [-0.2, -0.15) is 0 Å². The number of esters is 2. The molecule has 2 fully saturated rings. The first-order chi connectivity index (χ1) is 8.43. The van der Waals surface area contributed by atoms with Crippen LogP contribution in [0.2, 0.25) is 0 Å². The number of rotatable bonds is 2. The molecule has 1 spiro atoms. The minimum atomic E-state index is -1.07. The number of ether oxygens (including phenoxy) is 2. The second-order valence-electron chi connectivity index (χ2n) is 5.32. The number of carbonyl (C=O) groups is 2. The normalized spacial score (nSPS) is 22.3. The van der Waals surface area contributed by atoms with Gasteiger partial charge in [0.05, 0.1) is 0 Å². The Balaban J connectivity index is 2.21. The molecule has 18 heavy (non-hydrogen) atoms. The van der Waals surface area contributed by atoms with E-state index in [0.29, 0.717) is 12.8 Å². The van der Waals surface area contributed by atoms with E-state index in [2.05, 4.69) is 0 Å². The Hall–Kier alpha value is -1.52. The molecule has 100 valence electrons. The molecule has 0 aromatic heterocycles. The summed E-state index contributed by atoms with van der Waals surface area (Å²) in [5.74, 6) is -2.69. The predicted molar refractivity (Wildman–Crippen MR) is 62.5 cm³/mol. The number of carbonyl (C=O) groups excluding carboxylic acids is 2. The van der Waals surface area contributed by atoms with Crippen LogP contribution >= 0.6 is 0 Å². The minimum Gasteiger partial charge on any atom is -0.511 e. The van der Waals surface area contributed by atoms with E-state index in [1.165, 1.54) is 0 Å². The zero-order chi connectivity index (χ0) is 13.3. The van der Waals surface area contributed by atoms with Crippen LogP contribution in [0.1, 0.15) is 46.0 Å². The van der Waals surface area contributed by atoms with Crippen molar-refractivity contribution in [3.05, 3.63) is 11.3 Å². The van der Waals surface area contributed by atoms with Crippen molar-refractivity contribution in [3.63, 3.8) is 0 Å². The number of aliphatic hydroxyl groups excluding tert-OH is 1. The van der Waals surface area contributed by atoms with Crippen LogP contribution in [0.4, 0.5) is 0 Å². The number of hydrogen-bond donors (Lipinski definition) is 1. The van der Waals surface area contributed by atoms with Crippen LogP contribution in [-0.4, -0.2) is 22.8 Å². The first kappa shape index (κ1) is 12.9. The fourth-order valence-electron chi connectivity index (χ4n) is 2.39. The summed E-state index contributed by atoms with van der Waals surface area (Å²) in [6.07, 6.45) is 3.09. The van der Waals surface area contributed by atoms with E-state index in [0.717, 1.165) is 12.8 Å². The van der Waals surface area contributed by atoms with Gasteiger partial charge in [0.25, 0.3) is 5.79 Å². The van der Waals surface area contributed by atoms with Crippen molar-refractivity contribution in [2.24, 2.45) is 5.92 Å². The van der Waals surface area contributed by atoms with Gasteiger partial charge in [0.15, 0.2) is 5.57 Å². The van der Waals surface area contributed by atoms with E-state index in [-0.39, 0.29) is 23.7 Å². The number of hydrogen-bond acceptors (Lipinski definition) is 5. The lowest BCUT2D eigenvalue weighted by Crippen LogP contribution is -2.45. The lowest BCUT2D eigenvalue weighted by Gasteiger charge is -2.33. The quantitative estimate of drug-likeness (QED) is 0.354. The smallest absolute Gasteiger partial charge is 0.352 e. The monoisotopic (exact) mass is 254 g/mol. The standard InChI is InChI=1S/C13H18O5/c1-8(2)7-9(14)10-11(15)17-13(18-12(10)16)5-3-4-6-13/h8,14H,3-7H2,1-2H3. The Morgan fingerprint density at radius 2 is 1.72 bits per heavy atom. The molecule has 0 amide bonds. The van der Waals surface area contributed by atoms with Gasteiger partial charge >= 0.3 is 11.9 Å². The summed E-state index contributed by atoms with van der Waals surface area (Å²) in [7, 11) is 0. The molecular formula is C13H18O5. The zero-order valence-electron chi connectivity index (χ0n) is 10.7. The van der Waals surface area contributed by atoms with E-state index in [1.54, 1.807) is 0 Å². The van der Waals surface area contributed by atoms with Crippen molar-refractivity contribution >= 4 is 11.9 Å². The maximum atomic E-state index is 11.8. The van der Waals surface area contributed by atoms with Gasteiger partial charge in [0.2, 0.25) is 0 Å². The molecule has 0 radical (unpaired) electrons. The topological polar surface area (TPSA) is 72.8 Å². The lowest BCUT2D eigenvalue weighted by atomic mass is 10.0. The molecule has 0 aromatic rings. The van der Waals surface area contributed by atoms with Gasteiger partial charge in [0.1, 0.15) is 5.76 Å². The zero-order valence-corrected chi connectivity index (χ0v) is 10.7. The third-order valence-electron chi connectivity index (χ3n) is 3.22. The van der Waals surface area contributed by atoms with E-state index in [1.807, 2.05) is 13.8 Å². The largest absolute Gasteiger partial charge is 0.511 e. The van der Waals surface area contributed by atoms with E-state index >= 15 is 0 Å². The van der Waals surface area contributed by atoms with Crippen LogP contribution in [0.3, 0.4) is 0 Å². The summed E-state index contributed by atoms with van der Waals surface area (Å²) in [6, 6.07) is 0. The molecule has 1 N–H and O–H groups in total. The molecule has 1 heterocycles. The first-order valence-electron chi connectivity index (χ1n) is 6.32. The minimum absolute atomic E-state index is 0.139. The maximum Gasteiger partial charge on any atom is 0.352 e. The molecular weight excluding hydrogens is 236 g/mol. The van der Waals surface area contributed by atoms with Gasteiger partial charge in [-0.3, -0.25) is 0 Å². The van der Waals surface area contributed by atoms with Crippen LogP contribution in [0.15, 0.2) is 11.3 Å². The van der Waals surface area contributed by atoms with Gasteiger partial charge in [-0.15, -0.1) is 0 Å². The van der Waals surface area contributed by atoms with Crippen LogP contribution in [0, 0.1) is 5.92 Å². The van der Waals surface area contributed by atoms with Crippen LogP contribution in [0.25, 0.3) is 0 Å². The predicted octanol–water partition coefficient (Wildman–Crippen LogP) is 2.21. The van der Waals surface area contributed by atoms with Crippen molar-refractivity contribution in [1.82, 2.24) is 0 Å². The fourth-order valence-corrected chi connectivity index (χ4v) is 2.39. The van der Waals surface area contributed by atoms with Crippen molar-refractivity contribution in [2.75, 3.05) is 0 Å². The third-order valence-corrected chi connectivity index (χ3v) is 3.22. The Bertz CT molecular complexity index is 380. The molecule has 1 aliphatic heterocycles. The molecule has 0 bridgehead atoms. The molecule has 0 unspecified atom stereocenters.